The van der Waals surface area contributed by atoms with Gasteiger partial charge in [0.2, 0.25) is 5.91 Å². The molecule has 0 saturated heterocycles. The molecule has 0 aromatic heterocycles. The van der Waals surface area contributed by atoms with Crippen molar-refractivity contribution in [3.63, 3.8) is 0 Å². The van der Waals surface area contributed by atoms with Gasteiger partial charge < -0.3 is 10.1 Å². The second-order valence-electron chi connectivity index (χ2n) is 5.81. The molecule has 116 valence electrons. The van der Waals surface area contributed by atoms with Gasteiger partial charge in [0.1, 0.15) is 5.82 Å². The maximum absolute atomic E-state index is 13.6. The maximum atomic E-state index is 13.6. The molecule has 0 bridgehead atoms. The molecule has 0 aliphatic carbocycles. The molecular formula is C16H22FNO3. The Morgan fingerprint density at radius 2 is 1.95 bits per heavy atom. The van der Waals surface area contributed by atoms with Crippen LogP contribution in [-0.2, 0) is 20.7 Å². The molecule has 1 aromatic carbocycles. The third-order valence-electron chi connectivity index (χ3n) is 3.29. The van der Waals surface area contributed by atoms with E-state index in [1.807, 2.05) is 0 Å². The van der Waals surface area contributed by atoms with Crippen LogP contribution in [0.25, 0.3) is 0 Å². The van der Waals surface area contributed by atoms with Crippen LogP contribution in [0.1, 0.15) is 32.8 Å². The van der Waals surface area contributed by atoms with Gasteiger partial charge in [0, 0.05) is 6.04 Å². The average molecular weight is 295 g/mol. The van der Waals surface area contributed by atoms with E-state index in [1.54, 1.807) is 39.0 Å². The van der Waals surface area contributed by atoms with E-state index in [4.69, 9.17) is 0 Å². The number of rotatable bonds is 6. The van der Waals surface area contributed by atoms with Crippen LogP contribution in [0, 0.1) is 11.2 Å². The molecule has 0 radical (unpaired) electrons. The summed E-state index contributed by atoms with van der Waals surface area (Å²) in [5.74, 6) is -0.971. The smallest absolute Gasteiger partial charge is 0.306 e. The summed E-state index contributed by atoms with van der Waals surface area (Å²) in [6.45, 7) is 5.16. The molecule has 0 aliphatic rings. The normalized spacial score (nSPS) is 12.6. The highest BCUT2D eigenvalue weighted by Gasteiger charge is 2.31. The molecule has 1 N–H and O–H groups in total. The van der Waals surface area contributed by atoms with E-state index in [2.05, 4.69) is 10.1 Å². The molecule has 0 fully saturated rings. The van der Waals surface area contributed by atoms with Crippen LogP contribution in [0.3, 0.4) is 0 Å². The molecule has 0 heterocycles. The number of benzene rings is 1. The van der Waals surface area contributed by atoms with Crippen LogP contribution in [0.5, 0.6) is 0 Å². The van der Waals surface area contributed by atoms with Gasteiger partial charge in [-0.2, -0.15) is 0 Å². The lowest BCUT2D eigenvalue weighted by atomic mass is 9.88. The van der Waals surface area contributed by atoms with E-state index in [0.717, 1.165) is 0 Å². The zero-order valence-corrected chi connectivity index (χ0v) is 12.9. The minimum absolute atomic E-state index is 0.00174. The van der Waals surface area contributed by atoms with Gasteiger partial charge in [0.25, 0.3) is 0 Å². The van der Waals surface area contributed by atoms with Crippen molar-refractivity contribution >= 4 is 11.9 Å². The Hall–Kier alpha value is -1.91. The van der Waals surface area contributed by atoms with Crippen molar-refractivity contribution in [3.8, 4) is 0 Å². The monoisotopic (exact) mass is 295 g/mol. The summed E-state index contributed by atoms with van der Waals surface area (Å²) in [4.78, 5) is 23.5. The number of carbonyl (C=O) groups is 2. The standard InChI is InChI=1S/C16H22FNO3/c1-11(9-12-7-5-6-8-13(12)17)18-15(20)16(2,3)10-14(19)21-4/h5-8,11H,9-10H2,1-4H3,(H,18,20)/t11-/m1/s1. The second-order valence-corrected chi connectivity index (χ2v) is 5.81. The lowest BCUT2D eigenvalue weighted by Gasteiger charge is -2.25. The van der Waals surface area contributed by atoms with Gasteiger partial charge in [0.15, 0.2) is 0 Å². The first-order chi connectivity index (χ1) is 9.76. The van der Waals surface area contributed by atoms with Gasteiger partial charge in [-0.25, -0.2) is 4.39 Å². The summed E-state index contributed by atoms with van der Waals surface area (Å²) in [5.41, 5.74) is -0.313. The van der Waals surface area contributed by atoms with Crippen LogP contribution in [0.2, 0.25) is 0 Å². The van der Waals surface area contributed by atoms with E-state index in [0.29, 0.717) is 12.0 Å². The fraction of sp³-hybridized carbons (Fsp3) is 0.500. The highest BCUT2D eigenvalue weighted by Crippen LogP contribution is 2.21. The minimum Gasteiger partial charge on any atom is -0.469 e. The summed E-state index contributed by atoms with van der Waals surface area (Å²) in [5, 5.41) is 2.81. The van der Waals surface area contributed by atoms with Crippen LogP contribution in [0.15, 0.2) is 24.3 Å². The molecule has 21 heavy (non-hydrogen) atoms. The number of ether oxygens (including phenoxy) is 1. The predicted octanol–water partition coefficient (Wildman–Crippen LogP) is 2.46. The van der Waals surface area contributed by atoms with Crippen LogP contribution in [-0.4, -0.2) is 25.0 Å². The number of hydrogen-bond donors (Lipinski definition) is 1. The molecule has 0 unspecified atom stereocenters. The molecule has 1 amide bonds. The van der Waals surface area contributed by atoms with Gasteiger partial charge in [-0.05, 0) is 25.0 Å². The number of hydrogen-bond acceptors (Lipinski definition) is 3. The molecule has 1 aromatic rings. The van der Waals surface area contributed by atoms with Crippen molar-refractivity contribution in [3.05, 3.63) is 35.6 Å². The quantitative estimate of drug-likeness (QED) is 0.820. The number of nitrogens with one attached hydrogen (secondary N) is 1. The Morgan fingerprint density at radius 3 is 2.52 bits per heavy atom. The molecular weight excluding hydrogens is 273 g/mol. The zero-order valence-electron chi connectivity index (χ0n) is 12.9. The Labute approximate surface area is 124 Å². The predicted molar refractivity (Wildman–Crippen MR) is 78.1 cm³/mol. The largest absolute Gasteiger partial charge is 0.469 e. The first-order valence-corrected chi connectivity index (χ1v) is 6.87. The lowest BCUT2D eigenvalue weighted by Crippen LogP contribution is -2.43. The number of methoxy groups -OCH3 is 1. The molecule has 0 aliphatic heterocycles. The molecule has 1 rings (SSSR count). The second kappa shape index (κ2) is 7.20. The first-order valence-electron chi connectivity index (χ1n) is 6.87. The molecule has 4 nitrogen and oxygen atoms in total. The Bertz CT molecular complexity index is 514. The van der Waals surface area contributed by atoms with E-state index in [1.165, 1.54) is 13.2 Å². The van der Waals surface area contributed by atoms with Gasteiger partial charge in [0.05, 0.1) is 18.9 Å². The van der Waals surface area contributed by atoms with Gasteiger partial charge in [-0.1, -0.05) is 32.0 Å². The summed E-state index contributed by atoms with van der Waals surface area (Å²) in [7, 11) is 1.29. The van der Waals surface area contributed by atoms with E-state index in [-0.39, 0.29) is 24.2 Å². The van der Waals surface area contributed by atoms with Gasteiger partial charge >= 0.3 is 5.97 Å². The fourth-order valence-corrected chi connectivity index (χ4v) is 1.98. The maximum Gasteiger partial charge on any atom is 0.306 e. The Morgan fingerprint density at radius 1 is 1.33 bits per heavy atom. The SMILES string of the molecule is COC(=O)CC(C)(C)C(=O)N[C@H](C)Cc1ccccc1F. The molecule has 0 saturated carbocycles. The van der Waals surface area contributed by atoms with Crippen molar-refractivity contribution in [1.29, 1.82) is 0 Å². The average Bonchev–Trinajstić information content (AvgIpc) is 2.40. The number of carbonyl (C=O) groups excluding carboxylic acids is 2. The Kier molecular flexibility index (Phi) is 5.88. The van der Waals surface area contributed by atoms with Crippen molar-refractivity contribution in [2.24, 2.45) is 5.41 Å². The van der Waals surface area contributed by atoms with Crippen LogP contribution < -0.4 is 5.32 Å². The summed E-state index contributed by atoms with van der Waals surface area (Å²) >= 11 is 0. The molecule has 5 heteroatoms. The van der Waals surface area contributed by atoms with E-state index in [9.17, 15) is 14.0 Å². The fourth-order valence-electron chi connectivity index (χ4n) is 1.98. The van der Waals surface area contributed by atoms with Gasteiger partial charge in [-0.15, -0.1) is 0 Å². The Balaban J connectivity index is 2.61. The van der Waals surface area contributed by atoms with Crippen molar-refractivity contribution in [2.45, 2.75) is 39.7 Å². The first kappa shape index (κ1) is 17.1. The topological polar surface area (TPSA) is 55.4 Å². The number of esters is 1. The summed E-state index contributed by atoms with van der Waals surface area (Å²) in [6.07, 6.45) is 0.397. The highest BCUT2D eigenvalue weighted by molar-refractivity contribution is 5.86. The molecule has 1 atom stereocenters. The van der Waals surface area contributed by atoms with Crippen LogP contribution in [0.4, 0.5) is 4.39 Å². The van der Waals surface area contributed by atoms with Crippen molar-refractivity contribution in [2.75, 3.05) is 7.11 Å². The third kappa shape index (κ3) is 5.17. The minimum atomic E-state index is -0.864. The zero-order chi connectivity index (χ0) is 16.0. The number of halogens is 1. The molecule has 0 spiro atoms. The van der Waals surface area contributed by atoms with Crippen LogP contribution >= 0.6 is 0 Å². The summed E-state index contributed by atoms with van der Waals surface area (Å²) in [6, 6.07) is 6.24. The van der Waals surface area contributed by atoms with E-state index >= 15 is 0 Å². The lowest BCUT2D eigenvalue weighted by molar-refractivity contribution is -0.147. The van der Waals surface area contributed by atoms with Crippen molar-refractivity contribution in [1.82, 2.24) is 5.32 Å². The van der Waals surface area contributed by atoms with Crippen molar-refractivity contribution < 1.29 is 18.7 Å². The number of amides is 1. The van der Waals surface area contributed by atoms with Gasteiger partial charge in [-0.3, -0.25) is 9.59 Å². The summed E-state index contributed by atoms with van der Waals surface area (Å²) < 4.78 is 18.1. The third-order valence-corrected chi connectivity index (χ3v) is 3.29. The highest BCUT2D eigenvalue weighted by atomic mass is 19.1. The van der Waals surface area contributed by atoms with E-state index < -0.39 is 11.4 Å².